The molecule has 1 heterocycles. The number of rotatable bonds is 15. The van der Waals surface area contributed by atoms with E-state index in [1.54, 1.807) is 86.6 Å². The van der Waals surface area contributed by atoms with Crippen molar-refractivity contribution in [3.63, 3.8) is 0 Å². The van der Waals surface area contributed by atoms with Crippen LogP contribution >= 0.6 is 0 Å². The van der Waals surface area contributed by atoms with E-state index in [0.717, 1.165) is 45.5 Å². The van der Waals surface area contributed by atoms with Crippen molar-refractivity contribution in [3.8, 4) is 11.1 Å². The largest absolute Gasteiger partial charge is 4.00 e. The molecule has 9 heteroatoms. The summed E-state index contributed by atoms with van der Waals surface area (Å²) in [6, 6.07) is 65.6. The average molecular weight is 1010 g/mol. The Morgan fingerprint density at radius 2 is 0.811 bits per heavy atom. The van der Waals surface area contributed by atoms with Gasteiger partial charge in [0.25, 0.3) is 0 Å². The second-order valence-electron chi connectivity index (χ2n) is 18.8. The minimum Gasteiger partial charge on any atom is -0.875 e. The van der Waals surface area contributed by atoms with Gasteiger partial charge in [0.1, 0.15) is 0 Å². The second kappa shape index (κ2) is 24.2. The van der Waals surface area contributed by atoms with Gasteiger partial charge in [-0.2, -0.15) is 0 Å². The fraction of sp³-hybridized carbons (Fsp3) is 0.169. The van der Waals surface area contributed by atoms with Crippen LogP contribution in [0.5, 0.6) is 0 Å². The number of hydrogen-bond acceptors (Lipinski definition) is 8. The van der Waals surface area contributed by atoms with Gasteiger partial charge in [0.2, 0.25) is 0 Å². The van der Waals surface area contributed by atoms with Gasteiger partial charge in [-0.05, 0) is 85.3 Å². The van der Waals surface area contributed by atoms with E-state index in [0.29, 0.717) is 33.4 Å². The Hall–Kier alpha value is -7.27. The summed E-state index contributed by atoms with van der Waals surface area (Å²) in [7, 11) is 0. The van der Waals surface area contributed by atoms with Crippen molar-refractivity contribution in [2.75, 3.05) is 0 Å². The van der Waals surface area contributed by atoms with Crippen molar-refractivity contribution in [1.82, 2.24) is 0 Å². The molecule has 0 aliphatic carbocycles. The zero-order valence-electron chi connectivity index (χ0n) is 41.8. The molecule has 8 aromatic rings. The number of allylic oxidation sites excluding steroid dienone is 3. The van der Waals surface area contributed by atoms with Crippen molar-refractivity contribution in [2.45, 2.75) is 69.7 Å². The van der Waals surface area contributed by atoms with Crippen molar-refractivity contribution >= 4 is 17.3 Å². The van der Waals surface area contributed by atoms with Crippen molar-refractivity contribution in [2.24, 2.45) is 0 Å². The Morgan fingerprint density at radius 3 is 1.20 bits per heavy atom. The topological polar surface area (TPSA) is 145 Å². The molecule has 9 rings (SSSR count). The minimum atomic E-state index is -1.89. The molecule has 0 unspecified atom stereocenters. The van der Waals surface area contributed by atoms with E-state index < -0.39 is 29.2 Å². The van der Waals surface area contributed by atoms with E-state index in [9.17, 15) is 19.8 Å². The monoisotopic (exact) mass is 1010 g/mol. The van der Waals surface area contributed by atoms with E-state index in [1.807, 2.05) is 159 Å². The summed E-state index contributed by atoms with van der Waals surface area (Å²) in [5, 5.41) is 55.7. The Balaban J connectivity index is 0.000000214. The van der Waals surface area contributed by atoms with Gasteiger partial charge >= 0.3 is 21.7 Å². The number of hydrogen-bond donors (Lipinski definition) is 0. The predicted octanol–water partition coefficient (Wildman–Crippen LogP) is 9.27. The Kier molecular flexibility index (Phi) is 17.8. The van der Waals surface area contributed by atoms with Crippen LogP contribution in [0, 0.1) is 13.8 Å². The standard InChI is InChI=1S/C34H30O4.C31H28O4.Ti/c1-23-11-15-25(16-12-23)33(37)21-29(35)19-27-7-3-5-9-31(27)32-10-6-4-8-28(32)20-30(36)22-34(38)26-17-13-24(2)14-18-26;1-29(2)34-27(30(32,23-15-7-3-8-16-23)24-17-9-4-10-18-24)28(35-29)31(33,25-19-11-5-12-20-25)26-21-13-6-14-22-26;/h3-18,21-22,35,38H,19-20H2,1-2H3;3-22,27-28H,1-2H3;/q;-2;+4/p-2/b29-21-,34-22-;;/t;27-,28-;/m.1./s1. The first kappa shape index (κ1) is 54.5. The molecule has 0 amide bonds. The molecule has 1 fully saturated rings. The molecule has 0 radical (unpaired) electrons. The normalized spacial score (nSPS) is 15.5. The summed E-state index contributed by atoms with van der Waals surface area (Å²) in [5.41, 5.74) is 4.45. The van der Waals surface area contributed by atoms with Gasteiger partial charge in [-0.15, -0.1) is 5.76 Å². The van der Waals surface area contributed by atoms with Crippen LogP contribution in [0.15, 0.2) is 236 Å². The van der Waals surface area contributed by atoms with E-state index in [4.69, 9.17) is 9.47 Å². The van der Waals surface area contributed by atoms with E-state index in [2.05, 4.69) is 0 Å². The summed E-state index contributed by atoms with van der Waals surface area (Å²) in [6.45, 7) is 7.39. The van der Waals surface area contributed by atoms with Crippen molar-refractivity contribution < 1.29 is 61.2 Å². The number of benzene rings is 8. The molecule has 74 heavy (non-hydrogen) atoms. The maximum absolute atomic E-state index is 15.2. The van der Waals surface area contributed by atoms with Crippen LogP contribution in [0.4, 0.5) is 0 Å². The predicted molar refractivity (Wildman–Crippen MR) is 278 cm³/mol. The fourth-order valence-electron chi connectivity index (χ4n) is 9.34. The first-order valence-corrected chi connectivity index (χ1v) is 24.3. The molecule has 2 atom stereocenters. The van der Waals surface area contributed by atoms with Gasteiger partial charge in [0.05, 0.1) is 12.2 Å². The molecule has 8 nitrogen and oxygen atoms in total. The maximum atomic E-state index is 15.2. The average Bonchev–Trinajstić information content (AvgIpc) is 3.75. The molecule has 8 aromatic carbocycles. The van der Waals surface area contributed by atoms with Crippen LogP contribution in [0.2, 0.25) is 0 Å². The summed E-state index contributed by atoms with van der Waals surface area (Å²) in [6.07, 6.45) is 0.160. The van der Waals surface area contributed by atoms with Crippen LogP contribution < -0.4 is 20.4 Å². The Bertz CT molecular complexity index is 3010. The molecule has 1 aliphatic rings. The smallest absolute Gasteiger partial charge is 0.875 e. The number of carbonyl (C=O) groups is 2. The molecule has 0 spiro atoms. The van der Waals surface area contributed by atoms with Gasteiger partial charge in [0, 0.05) is 12.0 Å². The summed E-state index contributed by atoms with van der Waals surface area (Å²) in [5.74, 6) is -2.38. The molecule has 368 valence electrons. The van der Waals surface area contributed by atoms with Crippen molar-refractivity contribution in [3.05, 3.63) is 292 Å². The zero-order valence-corrected chi connectivity index (χ0v) is 43.3. The Labute approximate surface area is 448 Å². The second-order valence-corrected chi connectivity index (χ2v) is 18.8. The van der Waals surface area contributed by atoms with Gasteiger partial charge < -0.3 is 29.9 Å². The third-order valence-corrected chi connectivity index (χ3v) is 13.0. The van der Waals surface area contributed by atoms with Crippen LogP contribution in [0.1, 0.15) is 74.3 Å². The molecular weight excluding hydrogens is 957 g/mol. The molecule has 1 saturated heterocycles. The van der Waals surface area contributed by atoms with E-state index in [1.165, 1.54) is 0 Å². The van der Waals surface area contributed by atoms with Crippen LogP contribution in [0.3, 0.4) is 0 Å². The summed E-state index contributed by atoms with van der Waals surface area (Å²) < 4.78 is 12.8. The molecule has 0 saturated carbocycles. The Morgan fingerprint density at radius 1 is 0.473 bits per heavy atom. The molecule has 0 N–H and O–H groups in total. The van der Waals surface area contributed by atoms with Crippen LogP contribution in [-0.4, -0.2) is 29.6 Å². The first-order chi connectivity index (χ1) is 35.2. The van der Waals surface area contributed by atoms with Gasteiger partial charge in [-0.25, -0.2) is 0 Å². The van der Waals surface area contributed by atoms with Crippen LogP contribution in [0.25, 0.3) is 16.9 Å². The van der Waals surface area contributed by atoms with Crippen molar-refractivity contribution in [1.29, 1.82) is 0 Å². The van der Waals surface area contributed by atoms with E-state index >= 15 is 10.2 Å². The number of carbonyl (C=O) groups excluding carboxylic acids is 2. The SMILES string of the molecule is CC1(C)O[C@@H](C([O-])(c2ccccc2)c2ccccc2)[C@H](C([O-])(c2ccccc2)c2ccccc2)O1.Cc1ccc(C(=O)/C=C(\[O-])Cc2ccccc2-c2ccccc2CC(=O)/C=C(\[O-])c2ccc(C)cc2)cc1.[Ti+4]. The fourth-order valence-corrected chi connectivity index (χ4v) is 9.34. The van der Waals surface area contributed by atoms with Gasteiger partial charge in [0.15, 0.2) is 17.4 Å². The van der Waals surface area contributed by atoms with Gasteiger partial charge in [-0.3, -0.25) is 9.59 Å². The summed E-state index contributed by atoms with van der Waals surface area (Å²) >= 11 is 0. The molecule has 1 aliphatic heterocycles. The van der Waals surface area contributed by atoms with E-state index in [-0.39, 0.29) is 57.6 Å². The molecular formula is C65H56O8Ti. The number of ether oxygens (including phenoxy) is 2. The molecule has 0 aromatic heterocycles. The first-order valence-electron chi connectivity index (χ1n) is 24.3. The zero-order chi connectivity index (χ0) is 51.6. The molecule has 0 bridgehead atoms. The van der Waals surface area contributed by atoms with Gasteiger partial charge in [-0.1, -0.05) is 258 Å². The van der Waals surface area contributed by atoms with Crippen LogP contribution in [-0.2, 0) is 60.0 Å². The number of aryl methyl sites for hydroxylation is 2. The summed E-state index contributed by atoms with van der Waals surface area (Å²) in [4.78, 5) is 25.4. The quantitative estimate of drug-likeness (QED) is 0.0428. The third-order valence-electron chi connectivity index (χ3n) is 13.0. The third kappa shape index (κ3) is 12.6. The number of ketones is 2. The maximum Gasteiger partial charge on any atom is 4.00 e. The minimum absolute atomic E-state index is 0.